The molecule has 1 aliphatic heterocycles. The monoisotopic (exact) mass is 334 g/mol. The molecule has 1 aromatic rings. The molecule has 1 fully saturated rings. The molecule has 2 heterocycles. The SMILES string of the molecule is CN=C(NCCCN1CCCCCC1)NCCCn1cc(C)cn1. The number of likely N-dealkylation sites (tertiary alicyclic amines) is 1. The van der Waals surface area contributed by atoms with Gasteiger partial charge < -0.3 is 15.5 Å². The van der Waals surface area contributed by atoms with E-state index >= 15 is 0 Å². The van der Waals surface area contributed by atoms with Gasteiger partial charge >= 0.3 is 0 Å². The first-order valence-electron chi connectivity index (χ1n) is 9.44. The number of guanidine groups is 1. The fourth-order valence-electron chi connectivity index (χ4n) is 3.13. The summed E-state index contributed by atoms with van der Waals surface area (Å²) in [6.07, 6.45) is 11.7. The van der Waals surface area contributed by atoms with E-state index in [2.05, 4.69) is 38.7 Å². The lowest BCUT2D eigenvalue weighted by molar-refractivity contribution is 0.282. The third kappa shape index (κ3) is 7.34. The molecule has 0 radical (unpaired) electrons. The summed E-state index contributed by atoms with van der Waals surface area (Å²) >= 11 is 0. The van der Waals surface area contributed by atoms with Crippen LogP contribution in [0.3, 0.4) is 0 Å². The van der Waals surface area contributed by atoms with Crippen LogP contribution >= 0.6 is 0 Å². The molecule has 6 nitrogen and oxygen atoms in total. The zero-order valence-corrected chi connectivity index (χ0v) is 15.4. The molecule has 0 atom stereocenters. The largest absolute Gasteiger partial charge is 0.356 e. The van der Waals surface area contributed by atoms with E-state index < -0.39 is 0 Å². The van der Waals surface area contributed by atoms with Crippen molar-refractivity contribution in [1.82, 2.24) is 25.3 Å². The van der Waals surface area contributed by atoms with Crippen LogP contribution in [-0.4, -0.2) is 60.4 Å². The lowest BCUT2D eigenvalue weighted by atomic mass is 10.2. The molecule has 0 unspecified atom stereocenters. The smallest absolute Gasteiger partial charge is 0.190 e. The van der Waals surface area contributed by atoms with Gasteiger partial charge in [0.05, 0.1) is 6.20 Å². The van der Waals surface area contributed by atoms with E-state index in [1.807, 2.05) is 17.9 Å². The maximum Gasteiger partial charge on any atom is 0.190 e. The van der Waals surface area contributed by atoms with Gasteiger partial charge in [-0.2, -0.15) is 5.10 Å². The summed E-state index contributed by atoms with van der Waals surface area (Å²) in [4.78, 5) is 6.90. The molecule has 24 heavy (non-hydrogen) atoms. The molecule has 2 N–H and O–H groups in total. The second-order valence-electron chi connectivity index (χ2n) is 6.67. The third-order valence-electron chi connectivity index (χ3n) is 4.48. The number of hydrogen-bond donors (Lipinski definition) is 2. The zero-order chi connectivity index (χ0) is 17.0. The summed E-state index contributed by atoms with van der Waals surface area (Å²) in [6, 6.07) is 0. The number of aryl methyl sites for hydroxylation is 2. The van der Waals surface area contributed by atoms with Crippen molar-refractivity contribution >= 4 is 5.96 Å². The fourth-order valence-corrected chi connectivity index (χ4v) is 3.13. The van der Waals surface area contributed by atoms with Gasteiger partial charge in [0.15, 0.2) is 5.96 Å². The van der Waals surface area contributed by atoms with Gasteiger partial charge in [0, 0.05) is 32.9 Å². The second kappa shape index (κ2) is 11.1. The molecular formula is C18H34N6. The Hall–Kier alpha value is -1.56. The third-order valence-corrected chi connectivity index (χ3v) is 4.48. The Balaban J connectivity index is 1.52. The number of nitrogens with zero attached hydrogens (tertiary/aromatic N) is 4. The van der Waals surface area contributed by atoms with Crippen LogP contribution < -0.4 is 10.6 Å². The summed E-state index contributed by atoms with van der Waals surface area (Å²) < 4.78 is 1.99. The van der Waals surface area contributed by atoms with Crippen LogP contribution in [-0.2, 0) is 6.54 Å². The number of aliphatic imine (C=N–C) groups is 1. The predicted octanol–water partition coefficient (Wildman–Crippen LogP) is 2.01. The van der Waals surface area contributed by atoms with E-state index in [9.17, 15) is 0 Å². The van der Waals surface area contributed by atoms with Gasteiger partial charge in [-0.05, 0) is 57.8 Å². The highest BCUT2D eigenvalue weighted by atomic mass is 15.3. The van der Waals surface area contributed by atoms with Crippen LogP contribution in [0.25, 0.3) is 0 Å². The average molecular weight is 335 g/mol. The van der Waals surface area contributed by atoms with Gasteiger partial charge in [0.2, 0.25) is 0 Å². The van der Waals surface area contributed by atoms with Gasteiger partial charge in [-0.15, -0.1) is 0 Å². The Morgan fingerprint density at radius 3 is 2.33 bits per heavy atom. The molecule has 0 aromatic carbocycles. The summed E-state index contributed by atoms with van der Waals surface area (Å²) in [6.45, 7) is 8.65. The summed E-state index contributed by atoms with van der Waals surface area (Å²) in [5.74, 6) is 0.905. The zero-order valence-electron chi connectivity index (χ0n) is 15.4. The molecule has 6 heteroatoms. The first-order chi connectivity index (χ1) is 11.8. The van der Waals surface area contributed by atoms with Gasteiger partial charge in [0.25, 0.3) is 0 Å². The Labute approximate surface area is 146 Å². The van der Waals surface area contributed by atoms with Crippen molar-refractivity contribution in [3.8, 4) is 0 Å². The first kappa shape index (κ1) is 18.8. The molecule has 1 aromatic heterocycles. The van der Waals surface area contributed by atoms with Crippen LogP contribution in [0.1, 0.15) is 44.1 Å². The average Bonchev–Trinajstić information content (AvgIpc) is 2.84. The van der Waals surface area contributed by atoms with E-state index in [0.29, 0.717) is 0 Å². The van der Waals surface area contributed by atoms with E-state index in [1.165, 1.54) is 57.3 Å². The van der Waals surface area contributed by atoms with E-state index in [0.717, 1.165) is 32.0 Å². The Morgan fingerprint density at radius 2 is 1.75 bits per heavy atom. The fraction of sp³-hybridized carbons (Fsp3) is 0.778. The van der Waals surface area contributed by atoms with Crippen LogP contribution in [0.4, 0.5) is 0 Å². The number of hydrogen-bond acceptors (Lipinski definition) is 3. The van der Waals surface area contributed by atoms with Gasteiger partial charge in [0.1, 0.15) is 0 Å². The predicted molar refractivity (Wildman–Crippen MR) is 100 cm³/mol. The van der Waals surface area contributed by atoms with Crippen molar-refractivity contribution in [3.05, 3.63) is 18.0 Å². The minimum absolute atomic E-state index is 0.905. The van der Waals surface area contributed by atoms with E-state index in [-0.39, 0.29) is 0 Å². The second-order valence-corrected chi connectivity index (χ2v) is 6.67. The number of aromatic nitrogens is 2. The standard InChI is InChI=1S/C18H34N6/c1-17-15-22-24(16-17)14-8-10-21-18(19-2)20-9-7-13-23-11-5-3-4-6-12-23/h15-16H,3-14H2,1-2H3,(H2,19,20,21). The van der Waals surface area contributed by atoms with Gasteiger partial charge in [-0.1, -0.05) is 12.8 Å². The number of rotatable bonds is 8. The molecule has 1 saturated heterocycles. The van der Waals surface area contributed by atoms with Crippen LogP contribution in [0.5, 0.6) is 0 Å². The Bertz CT molecular complexity index is 474. The van der Waals surface area contributed by atoms with Crippen molar-refractivity contribution in [3.63, 3.8) is 0 Å². The molecule has 0 aliphatic carbocycles. The molecule has 0 amide bonds. The lowest BCUT2D eigenvalue weighted by Gasteiger charge is -2.20. The van der Waals surface area contributed by atoms with E-state index in [4.69, 9.17) is 0 Å². The Morgan fingerprint density at radius 1 is 1.08 bits per heavy atom. The van der Waals surface area contributed by atoms with Crippen molar-refractivity contribution in [2.75, 3.05) is 39.8 Å². The van der Waals surface area contributed by atoms with Crippen molar-refractivity contribution in [2.24, 2.45) is 4.99 Å². The van der Waals surface area contributed by atoms with Crippen molar-refractivity contribution in [2.45, 2.75) is 52.0 Å². The Kier molecular flexibility index (Phi) is 8.66. The molecule has 1 aliphatic rings. The minimum Gasteiger partial charge on any atom is -0.356 e. The topological polar surface area (TPSA) is 57.5 Å². The van der Waals surface area contributed by atoms with E-state index in [1.54, 1.807) is 0 Å². The highest BCUT2D eigenvalue weighted by Gasteiger charge is 2.08. The van der Waals surface area contributed by atoms with Gasteiger partial charge in [-0.3, -0.25) is 9.67 Å². The molecule has 136 valence electrons. The molecule has 0 saturated carbocycles. The first-order valence-corrected chi connectivity index (χ1v) is 9.44. The van der Waals surface area contributed by atoms with Crippen molar-refractivity contribution in [1.29, 1.82) is 0 Å². The highest BCUT2D eigenvalue weighted by molar-refractivity contribution is 5.79. The maximum absolute atomic E-state index is 4.30. The maximum atomic E-state index is 4.30. The van der Waals surface area contributed by atoms with Crippen molar-refractivity contribution < 1.29 is 0 Å². The lowest BCUT2D eigenvalue weighted by Crippen LogP contribution is -2.39. The summed E-state index contributed by atoms with van der Waals surface area (Å²) in [7, 11) is 1.83. The normalized spacial score (nSPS) is 16.8. The molecule has 0 bridgehead atoms. The van der Waals surface area contributed by atoms with Crippen LogP contribution in [0.2, 0.25) is 0 Å². The summed E-state index contributed by atoms with van der Waals surface area (Å²) in [5, 5.41) is 11.1. The number of nitrogens with one attached hydrogen (secondary N) is 2. The molecular weight excluding hydrogens is 300 g/mol. The highest BCUT2D eigenvalue weighted by Crippen LogP contribution is 2.09. The minimum atomic E-state index is 0.905. The van der Waals surface area contributed by atoms with Crippen LogP contribution in [0.15, 0.2) is 17.4 Å². The quantitative estimate of drug-likeness (QED) is 0.434. The molecule has 2 rings (SSSR count). The van der Waals surface area contributed by atoms with Gasteiger partial charge in [-0.25, -0.2) is 0 Å². The summed E-state index contributed by atoms with van der Waals surface area (Å²) in [5.41, 5.74) is 1.21. The van der Waals surface area contributed by atoms with Crippen LogP contribution in [0, 0.1) is 6.92 Å². The molecule has 0 spiro atoms.